The van der Waals surface area contributed by atoms with Gasteiger partial charge in [0.1, 0.15) is 5.54 Å². The molecule has 0 spiro atoms. The van der Waals surface area contributed by atoms with E-state index in [1.165, 1.54) is 0 Å². The SMILES string of the molecule is CCCC1(C(=O)O)CCCN1C(=O)N(C)C(C)C(C)C. The van der Waals surface area contributed by atoms with E-state index in [9.17, 15) is 14.7 Å². The monoisotopic (exact) mass is 284 g/mol. The first-order valence-electron chi connectivity index (χ1n) is 7.55. The molecule has 2 unspecified atom stereocenters. The zero-order valence-electron chi connectivity index (χ0n) is 13.3. The van der Waals surface area contributed by atoms with Crippen molar-refractivity contribution in [1.29, 1.82) is 0 Å². The number of likely N-dealkylation sites (tertiary alicyclic amines) is 1. The number of carbonyl (C=O) groups excluding carboxylic acids is 1. The first-order chi connectivity index (χ1) is 9.27. The van der Waals surface area contributed by atoms with Gasteiger partial charge in [0.25, 0.3) is 0 Å². The number of amides is 2. The summed E-state index contributed by atoms with van der Waals surface area (Å²) in [6.07, 6.45) is 2.62. The molecule has 0 bridgehead atoms. The van der Waals surface area contributed by atoms with Gasteiger partial charge in [-0.2, -0.15) is 0 Å². The molecule has 5 heteroatoms. The average molecular weight is 284 g/mol. The lowest BCUT2D eigenvalue weighted by Gasteiger charge is -2.39. The number of hydrogen-bond donors (Lipinski definition) is 1. The van der Waals surface area contributed by atoms with Crippen LogP contribution in [0.25, 0.3) is 0 Å². The van der Waals surface area contributed by atoms with Crippen LogP contribution in [0.4, 0.5) is 4.79 Å². The standard InChI is InChI=1S/C15H28N2O3/c1-6-8-15(13(18)19)9-7-10-17(15)14(20)16(5)12(4)11(2)3/h11-12H,6-10H2,1-5H3,(H,18,19). The van der Waals surface area contributed by atoms with Gasteiger partial charge in [0.2, 0.25) is 0 Å². The Balaban J connectivity index is 2.98. The van der Waals surface area contributed by atoms with Crippen LogP contribution in [0.2, 0.25) is 0 Å². The predicted octanol–water partition coefficient (Wildman–Crippen LogP) is 2.80. The molecule has 0 aromatic heterocycles. The lowest BCUT2D eigenvalue weighted by Crippen LogP contribution is -2.57. The fourth-order valence-electron chi connectivity index (χ4n) is 2.97. The minimum Gasteiger partial charge on any atom is -0.479 e. The molecule has 1 aliphatic heterocycles. The quantitative estimate of drug-likeness (QED) is 0.844. The maximum absolute atomic E-state index is 12.7. The first-order valence-corrected chi connectivity index (χ1v) is 7.55. The van der Waals surface area contributed by atoms with E-state index in [-0.39, 0.29) is 12.1 Å². The molecule has 1 saturated heterocycles. The maximum atomic E-state index is 12.7. The number of hydrogen-bond acceptors (Lipinski definition) is 2. The van der Waals surface area contributed by atoms with Gasteiger partial charge >= 0.3 is 12.0 Å². The summed E-state index contributed by atoms with van der Waals surface area (Å²) in [7, 11) is 1.77. The van der Waals surface area contributed by atoms with Gasteiger partial charge in [-0.15, -0.1) is 0 Å². The van der Waals surface area contributed by atoms with Crippen molar-refractivity contribution in [2.45, 2.75) is 65.0 Å². The summed E-state index contributed by atoms with van der Waals surface area (Å²) in [5.74, 6) is -0.521. The highest BCUT2D eigenvalue weighted by molar-refractivity contribution is 5.87. The molecule has 2 amide bonds. The van der Waals surface area contributed by atoms with Crippen molar-refractivity contribution in [3.63, 3.8) is 0 Å². The number of carboxylic acid groups (broad SMARTS) is 1. The zero-order chi connectivity index (χ0) is 15.5. The fourth-order valence-corrected chi connectivity index (χ4v) is 2.97. The van der Waals surface area contributed by atoms with Gasteiger partial charge in [-0.3, -0.25) is 0 Å². The van der Waals surface area contributed by atoms with Crippen LogP contribution in [0.15, 0.2) is 0 Å². The maximum Gasteiger partial charge on any atom is 0.329 e. The summed E-state index contributed by atoms with van der Waals surface area (Å²) in [4.78, 5) is 27.7. The van der Waals surface area contributed by atoms with Gasteiger partial charge in [0.05, 0.1) is 0 Å². The van der Waals surface area contributed by atoms with Crippen molar-refractivity contribution in [3.05, 3.63) is 0 Å². The molecule has 20 heavy (non-hydrogen) atoms. The van der Waals surface area contributed by atoms with Crippen molar-refractivity contribution in [2.75, 3.05) is 13.6 Å². The number of rotatable bonds is 5. The summed E-state index contributed by atoms with van der Waals surface area (Å²) in [6, 6.07) is -0.0595. The third kappa shape index (κ3) is 2.91. The minimum atomic E-state index is -1.00. The highest BCUT2D eigenvalue weighted by Gasteiger charge is 2.50. The number of urea groups is 1. The van der Waals surface area contributed by atoms with Gasteiger partial charge in [0, 0.05) is 19.6 Å². The second-order valence-corrected chi connectivity index (χ2v) is 6.22. The molecule has 0 aromatic rings. The number of carbonyl (C=O) groups is 2. The van der Waals surface area contributed by atoms with Gasteiger partial charge in [0.15, 0.2) is 0 Å². The molecular formula is C15H28N2O3. The molecule has 1 aliphatic rings. The Morgan fingerprint density at radius 1 is 1.35 bits per heavy atom. The molecule has 1 fully saturated rings. The molecule has 0 aromatic carbocycles. The lowest BCUT2D eigenvalue weighted by molar-refractivity contribution is -0.149. The fraction of sp³-hybridized carbons (Fsp3) is 0.867. The van der Waals surface area contributed by atoms with E-state index in [0.717, 1.165) is 12.8 Å². The second kappa shape index (κ2) is 6.46. The molecule has 2 atom stereocenters. The van der Waals surface area contributed by atoms with Crippen molar-refractivity contribution in [1.82, 2.24) is 9.80 Å². The van der Waals surface area contributed by atoms with Crippen LogP contribution >= 0.6 is 0 Å². The lowest BCUT2D eigenvalue weighted by atomic mass is 9.91. The van der Waals surface area contributed by atoms with Crippen LogP contribution in [-0.2, 0) is 4.79 Å². The van der Waals surface area contributed by atoms with Crippen molar-refractivity contribution in [3.8, 4) is 0 Å². The Kier molecular flexibility index (Phi) is 5.42. The Morgan fingerprint density at radius 3 is 2.40 bits per heavy atom. The third-order valence-electron chi connectivity index (χ3n) is 4.66. The van der Waals surface area contributed by atoms with Gasteiger partial charge in [-0.05, 0) is 32.1 Å². The minimum absolute atomic E-state index is 0.0937. The van der Waals surface area contributed by atoms with Crippen LogP contribution in [-0.4, -0.2) is 52.1 Å². The van der Waals surface area contributed by atoms with Crippen LogP contribution in [0.1, 0.15) is 53.4 Å². The number of nitrogens with zero attached hydrogens (tertiary/aromatic N) is 2. The highest BCUT2D eigenvalue weighted by atomic mass is 16.4. The van der Waals surface area contributed by atoms with E-state index in [4.69, 9.17) is 0 Å². The van der Waals surface area contributed by atoms with Gasteiger partial charge in [-0.25, -0.2) is 9.59 Å². The molecule has 1 rings (SSSR count). The molecule has 0 aliphatic carbocycles. The molecular weight excluding hydrogens is 256 g/mol. The van der Waals surface area contributed by atoms with Crippen molar-refractivity contribution < 1.29 is 14.7 Å². The van der Waals surface area contributed by atoms with Crippen molar-refractivity contribution in [2.24, 2.45) is 5.92 Å². The van der Waals surface area contributed by atoms with E-state index in [2.05, 4.69) is 13.8 Å². The average Bonchev–Trinajstić information content (AvgIpc) is 2.81. The predicted molar refractivity (Wildman–Crippen MR) is 78.7 cm³/mol. The second-order valence-electron chi connectivity index (χ2n) is 6.22. The van der Waals surface area contributed by atoms with E-state index in [1.807, 2.05) is 13.8 Å². The Morgan fingerprint density at radius 2 is 1.95 bits per heavy atom. The Labute approximate surface area is 121 Å². The van der Waals surface area contributed by atoms with Crippen LogP contribution in [0, 0.1) is 5.92 Å². The summed E-state index contributed by atoms with van der Waals surface area (Å²) in [5.41, 5.74) is -1.00. The summed E-state index contributed by atoms with van der Waals surface area (Å²) < 4.78 is 0. The van der Waals surface area contributed by atoms with Gasteiger partial charge in [-0.1, -0.05) is 27.2 Å². The molecule has 0 saturated carbocycles. The molecule has 1 N–H and O–H groups in total. The molecule has 5 nitrogen and oxygen atoms in total. The summed E-state index contributed by atoms with van der Waals surface area (Å²) in [5, 5.41) is 9.63. The summed E-state index contributed by atoms with van der Waals surface area (Å²) >= 11 is 0. The summed E-state index contributed by atoms with van der Waals surface area (Å²) in [6.45, 7) is 8.64. The molecule has 0 radical (unpaired) electrons. The van der Waals surface area contributed by atoms with E-state index >= 15 is 0 Å². The third-order valence-corrected chi connectivity index (χ3v) is 4.66. The van der Waals surface area contributed by atoms with Crippen LogP contribution in [0.3, 0.4) is 0 Å². The van der Waals surface area contributed by atoms with Crippen molar-refractivity contribution >= 4 is 12.0 Å². The van der Waals surface area contributed by atoms with E-state index < -0.39 is 11.5 Å². The van der Waals surface area contributed by atoms with Crippen LogP contribution in [0.5, 0.6) is 0 Å². The highest BCUT2D eigenvalue weighted by Crippen LogP contribution is 2.35. The zero-order valence-corrected chi connectivity index (χ0v) is 13.3. The number of carboxylic acids is 1. The van der Waals surface area contributed by atoms with E-state index in [1.54, 1.807) is 16.8 Å². The van der Waals surface area contributed by atoms with Gasteiger partial charge < -0.3 is 14.9 Å². The largest absolute Gasteiger partial charge is 0.479 e. The normalized spacial score (nSPS) is 24.0. The van der Waals surface area contributed by atoms with E-state index in [0.29, 0.717) is 25.3 Å². The number of aliphatic carboxylic acids is 1. The Bertz CT molecular complexity index is 370. The van der Waals surface area contributed by atoms with Crippen LogP contribution < -0.4 is 0 Å². The molecule has 1 heterocycles. The Hall–Kier alpha value is -1.26. The molecule has 116 valence electrons. The first kappa shape index (κ1) is 16.8. The smallest absolute Gasteiger partial charge is 0.329 e. The topological polar surface area (TPSA) is 60.9 Å².